The molecule has 0 spiro atoms. The van der Waals surface area contributed by atoms with Crippen molar-refractivity contribution in [3.8, 4) is 0 Å². The fourth-order valence-electron chi connectivity index (χ4n) is 1.94. The molecule has 0 atom stereocenters. The van der Waals surface area contributed by atoms with E-state index >= 15 is 0 Å². The lowest BCUT2D eigenvalue weighted by molar-refractivity contribution is 0.102. The summed E-state index contributed by atoms with van der Waals surface area (Å²) < 4.78 is 0. The second-order valence-corrected chi connectivity index (χ2v) is 5.18. The van der Waals surface area contributed by atoms with Crippen molar-refractivity contribution >= 4 is 34.7 Å². The van der Waals surface area contributed by atoms with Crippen LogP contribution in [-0.4, -0.2) is 15.9 Å². The molecule has 0 aliphatic heterocycles. The zero-order chi connectivity index (χ0) is 16.1. The summed E-state index contributed by atoms with van der Waals surface area (Å²) >= 11 is 5.88. The third kappa shape index (κ3) is 4.05. The Morgan fingerprint density at radius 1 is 0.913 bits per heavy atom. The number of rotatable bonds is 4. The number of anilines is 3. The van der Waals surface area contributed by atoms with E-state index in [4.69, 9.17) is 11.6 Å². The van der Waals surface area contributed by atoms with Crippen LogP contribution in [0.3, 0.4) is 0 Å². The van der Waals surface area contributed by atoms with Crippen molar-refractivity contribution in [3.05, 3.63) is 77.7 Å². The number of amides is 1. The Morgan fingerprint density at radius 3 is 2.39 bits per heavy atom. The third-order valence-corrected chi connectivity index (χ3v) is 3.25. The number of nitrogens with zero attached hydrogens (tertiary/aromatic N) is 2. The first-order valence-electron chi connectivity index (χ1n) is 6.92. The van der Waals surface area contributed by atoms with Crippen molar-refractivity contribution in [1.82, 2.24) is 9.97 Å². The van der Waals surface area contributed by atoms with Gasteiger partial charge in [0.05, 0.1) is 12.4 Å². The molecule has 0 fully saturated rings. The van der Waals surface area contributed by atoms with Crippen LogP contribution in [0.25, 0.3) is 0 Å². The SMILES string of the molecule is O=C(Nc1cccc(Cl)c1)c1cnc(Nc2ccccc2)cn1. The Labute approximate surface area is 138 Å². The van der Waals surface area contributed by atoms with Crippen LogP contribution in [-0.2, 0) is 0 Å². The monoisotopic (exact) mass is 324 g/mol. The summed E-state index contributed by atoms with van der Waals surface area (Å²) in [7, 11) is 0. The topological polar surface area (TPSA) is 66.9 Å². The minimum Gasteiger partial charge on any atom is -0.339 e. The fourth-order valence-corrected chi connectivity index (χ4v) is 2.13. The maximum Gasteiger partial charge on any atom is 0.275 e. The molecule has 1 amide bonds. The molecule has 2 aromatic carbocycles. The van der Waals surface area contributed by atoms with Gasteiger partial charge in [0.2, 0.25) is 0 Å². The number of nitrogens with one attached hydrogen (secondary N) is 2. The average Bonchev–Trinajstić information content (AvgIpc) is 2.56. The summed E-state index contributed by atoms with van der Waals surface area (Å²) in [6.45, 7) is 0. The third-order valence-electron chi connectivity index (χ3n) is 3.01. The van der Waals surface area contributed by atoms with Gasteiger partial charge in [-0.25, -0.2) is 9.97 Å². The number of para-hydroxylation sites is 1. The van der Waals surface area contributed by atoms with Crippen LogP contribution in [0.5, 0.6) is 0 Å². The van der Waals surface area contributed by atoms with Crippen LogP contribution in [0.15, 0.2) is 67.0 Å². The van der Waals surface area contributed by atoms with E-state index in [-0.39, 0.29) is 11.6 Å². The molecule has 23 heavy (non-hydrogen) atoms. The Bertz CT molecular complexity index is 806. The number of benzene rings is 2. The molecule has 0 saturated heterocycles. The molecule has 5 nitrogen and oxygen atoms in total. The van der Waals surface area contributed by atoms with E-state index in [1.807, 2.05) is 30.3 Å². The lowest BCUT2D eigenvalue weighted by Gasteiger charge is -2.07. The minimum atomic E-state index is -0.342. The highest BCUT2D eigenvalue weighted by Crippen LogP contribution is 2.16. The lowest BCUT2D eigenvalue weighted by atomic mass is 10.3. The Hall–Kier alpha value is -2.92. The predicted octanol–water partition coefficient (Wildman–Crippen LogP) is 4.13. The highest BCUT2D eigenvalue weighted by Gasteiger charge is 2.08. The van der Waals surface area contributed by atoms with Gasteiger partial charge in [-0.05, 0) is 30.3 Å². The molecule has 6 heteroatoms. The molecule has 114 valence electrons. The van der Waals surface area contributed by atoms with E-state index in [0.29, 0.717) is 16.5 Å². The van der Waals surface area contributed by atoms with Crippen LogP contribution in [0.1, 0.15) is 10.5 Å². The van der Waals surface area contributed by atoms with Gasteiger partial charge in [0.25, 0.3) is 5.91 Å². The van der Waals surface area contributed by atoms with Crippen LogP contribution < -0.4 is 10.6 Å². The summed E-state index contributed by atoms with van der Waals surface area (Å²) in [6.07, 6.45) is 2.94. The van der Waals surface area contributed by atoms with Crippen molar-refractivity contribution in [2.75, 3.05) is 10.6 Å². The number of hydrogen-bond acceptors (Lipinski definition) is 4. The second kappa shape index (κ2) is 6.89. The molecule has 3 aromatic rings. The molecular formula is C17H13ClN4O. The number of carbonyl (C=O) groups is 1. The quantitative estimate of drug-likeness (QED) is 0.757. The standard InChI is InChI=1S/C17H13ClN4O/c18-12-5-4-8-14(9-12)22-17(23)15-10-20-16(11-19-15)21-13-6-2-1-3-7-13/h1-11H,(H,20,21)(H,22,23). The molecule has 0 radical (unpaired) electrons. The van der Waals surface area contributed by atoms with Crippen LogP contribution in [0.2, 0.25) is 5.02 Å². The molecular weight excluding hydrogens is 312 g/mol. The number of aromatic nitrogens is 2. The van der Waals surface area contributed by atoms with Gasteiger partial charge in [0.15, 0.2) is 0 Å². The molecule has 0 saturated carbocycles. The zero-order valence-electron chi connectivity index (χ0n) is 12.0. The van der Waals surface area contributed by atoms with E-state index in [0.717, 1.165) is 5.69 Å². The van der Waals surface area contributed by atoms with Gasteiger partial charge in [0.1, 0.15) is 11.5 Å². The van der Waals surface area contributed by atoms with Crippen molar-refractivity contribution in [1.29, 1.82) is 0 Å². The lowest BCUT2D eigenvalue weighted by Crippen LogP contribution is -2.14. The van der Waals surface area contributed by atoms with Gasteiger partial charge in [-0.3, -0.25) is 4.79 Å². The van der Waals surface area contributed by atoms with Crippen molar-refractivity contribution in [3.63, 3.8) is 0 Å². The Balaban J connectivity index is 1.68. The Morgan fingerprint density at radius 2 is 1.70 bits per heavy atom. The van der Waals surface area contributed by atoms with Crippen LogP contribution in [0.4, 0.5) is 17.2 Å². The summed E-state index contributed by atoms with van der Waals surface area (Å²) in [5, 5.41) is 6.38. The first-order chi connectivity index (χ1) is 11.2. The molecule has 0 unspecified atom stereocenters. The average molecular weight is 325 g/mol. The maximum atomic E-state index is 12.1. The van der Waals surface area contributed by atoms with Crippen molar-refractivity contribution in [2.24, 2.45) is 0 Å². The smallest absolute Gasteiger partial charge is 0.275 e. The van der Waals surface area contributed by atoms with Crippen molar-refractivity contribution < 1.29 is 4.79 Å². The van der Waals surface area contributed by atoms with Crippen molar-refractivity contribution in [2.45, 2.75) is 0 Å². The highest BCUT2D eigenvalue weighted by molar-refractivity contribution is 6.30. The van der Waals surface area contributed by atoms with Gasteiger partial charge in [-0.1, -0.05) is 35.9 Å². The van der Waals surface area contributed by atoms with E-state index < -0.39 is 0 Å². The molecule has 1 aromatic heterocycles. The number of hydrogen-bond donors (Lipinski definition) is 2. The second-order valence-electron chi connectivity index (χ2n) is 4.74. The molecule has 0 aliphatic rings. The zero-order valence-corrected chi connectivity index (χ0v) is 12.8. The van der Waals surface area contributed by atoms with Gasteiger partial charge >= 0.3 is 0 Å². The summed E-state index contributed by atoms with van der Waals surface area (Å²) in [5.41, 5.74) is 1.73. The van der Waals surface area contributed by atoms with Gasteiger partial charge in [-0.2, -0.15) is 0 Å². The van der Waals surface area contributed by atoms with Crippen LogP contribution in [0, 0.1) is 0 Å². The molecule has 0 bridgehead atoms. The fraction of sp³-hybridized carbons (Fsp3) is 0. The summed E-state index contributed by atoms with van der Waals surface area (Å²) in [5.74, 6) is 0.224. The minimum absolute atomic E-state index is 0.226. The predicted molar refractivity (Wildman–Crippen MR) is 91.2 cm³/mol. The first-order valence-corrected chi connectivity index (χ1v) is 7.29. The normalized spacial score (nSPS) is 10.1. The highest BCUT2D eigenvalue weighted by atomic mass is 35.5. The summed E-state index contributed by atoms with van der Waals surface area (Å²) in [4.78, 5) is 20.4. The first kappa shape index (κ1) is 15.0. The molecule has 1 heterocycles. The molecule has 0 aliphatic carbocycles. The van der Waals surface area contributed by atoms with E-state index in [9.17, 15) is 4.79 Å². The van der Waals surface area contributed by atoms with E-state index in [1.54, 1.807) is 24.3 Å². The van der Waals surface area contributed by atoms with E-state index in [1.165, 1.54) is 12.4 Å². The Kier molecular flexibility index (Phi) is 4.49. The molecule has 2 N–H and O–H groups in total. The van der Waals surface area contributed by atoms with Crippen LogP contribution >= 0.6 is 11.6 Å². The summed E-state index contributed by atoms with van der Waals surface area (Å²) in [6, 6.07) is 16.5. The number of halogens is 1. The van der Waals surface area contributed by atoms with Gasteiger partial charge < -0.3 is 10.6 Å². The van der Waals surface area contributed by atoms with Gasteiger partial charge in [0, 0.05) is 16.4 Å². The number of carbonyl (C=O) groups excluding carboxylic acids is 1. The van der Waals surface area contributed by atoms with E-state index in [2.05, 4.69) is 20.6 Å². The molecule has 3 rings (SSSR count). The largest absolute Gasteiger partial charge is 0.339 e. The van der Waals surface area contributed by atoms with Gasteiger partial charge in [-0.15, -0.1) is 0 Å². The maximum absolute atomic E-state index is 12.1.